The van der Waals surface area contributed by atoms with Gasteiger partial charge in [-0.05, 0) is 23.6 Å². The molecule has 0 fully saturated rings. The van der Waals surface area contributed by atoms with E-state index in [4.69, 9.17) is 23.2 Å². The van der Waals surface area contributed by atoms with Crippen LogP contribution in [0.25, 0.3) is 0 Å². The van der Waals surface area contributed by atoms with Crippen molar-refractivity contribution in [3.63, 3.8) is 0 Å². The lowest BCUT2D eigenvalue weighted by Gasteiger charge is -2.24. The van der Waals surface area contributed by atoms with E-state index in [0.29, 0.717) is 13.1 Å². The van der Waals surface area contributed by atoms with Gasteiger partial charge < -0.3 is 0 Å². The third-order valence-electron chi connectivity index (χ3n) is 3.42. The average molecular weight is 356 g/mol. The second-order valence-corrected chi connectivity index (χ2v) is 7.56. The lowest BCUT2D eigenvalue weighted by molar-refractivity contribution is 0.361. The van der Waals surface area contributed by atoms with Gasteiger partial charge >= 0.3 is 0 Å². The first-order valence-electron chi connectivity index (χ1n) is 6.81. The Hall–Kier alpha value is -0.360. The maximum atomic E-state index is 13.8. The number of halogens is 3. The molecule has 21 heavy (non-hydrogen) atoms. The summed E-state index contributed by atoms with van der Waals surface area (Å²) in [7, 11) is -3.75. The quantitative estimate of drug-likeness (QED) is 0.684. The Bertz CT molecular complexity index is 593. The topological polar surface area (TPSA) is 37.4 Å². The number of benzene rings is 1. The third-order valence-corrected chi connectivity index (χ3v) is 6.05. The van der Waals surface area contributed by atoms with Crippen LogP contribution in [0.4, 0.5) is 4.39 Å². The summed E-state index contributed by atoms with van der Waals surface area (Å²) in [4.78, 5) is -0.106. The van der Waals surface area contributed by atoms with Gasteiger partial charge in [0.05, 0.1) is 9.92 Å². The normalized spacial score (nSPS) is 13.7. The second kappa shape index (κ2) is 7.77. The van der Waals surface area contributed by atoms with E-state index in [1.165, 1.54) is 10.4 Å². The van der Waals surface area contributed by atoms with Gasteiger partial charge in [0, 0.05) is 19.0 Å². The first kappa shape index (κ1) is 18.7. The Morgan fingerprint density at radius 2 is 1.95 bits per heavy atom. The Kier molecular flexibility index (Phi) is 6.91. The number of nitrogens with zero attached hydrogens (tertiary/aromatic N) is 1. The molecule has 0 heterocycles. The summed E-state index contributed by atoms with van der Waals surface area (Å²) in [5, 5.41) is -0.131. The first-order chi connectivity index (χ1) is 9.77. The average Bonchev–Trinajstić information content (AvgIpc) is 2.46. The van der Waals surface area contributed by atoms with E-state index in [1.807, 2.05) is 13.8 Å². The predicted octanol–water partition coefficient (Wildman–Crippen LogP) is 4.27. The number of hydrogen-bond acceptors (Lipinski definition) is 2. The highest BCUT2D eigenvalue weighted by atomic mass is 35.5. The summed E-state index contributed by atoms with van der Waals surface area (Å²) < 4.78 is 40.4. The van der Waals surface area contributed by atoms with Gasteiger partial charge in [0.1, 0.15) is 5.82 Å². The molecular weight excluding hydrogens is 336 g/mol. The Morgan fingerprint density at radius 3 is 2.43 bits per heavy atom. The molecule has 1 unspecified atom stereocenters. The van der Waals surface area contributed by atoms with E-state index in [1.54, 1.807) is 6.92 Å². The molecule has 3 nitrogen and oxygen atoms in total. The summed E-state index contributed by atoms with van der Waals surface area (Å²) in [5.74, 6) is -0.589. The van der Waals surface area contributed by atoms with Crippen molar-refractivity contribution < 1.29 is 12.8 Å². The summed E-state index contributed by atoms with van der Waals surface area (Å²) in [6.45, 7) is 6.46. The smallest absolute Gasteiger partial charge is 0.207 e. The minimum Gasteiger partial charge on any atom is -0.207 e. The molecule has 0 aliphatic carbocycles. The van der Waals surface area contributed by atoms with Gasteiger partial charge in [0.25, 0.3) is 0 Å². The van der Waals surface area contributed by atoms with E-state index in [0.717, 1.165) is 12.5 Å². The molecule has 0 spiro atoms. The van der Waals surface area contributed by atoms with E-state index in [9.17, 15) is 12.8 Å². The van der Waals surface area contributed by atoms with Crippen molar-refractivity contribution >= 4 is 33.2 Å². The molecule has 0 N–H and O–H groups in total. The Labute approximate surface area is 136 Å². The fraction of sp³-hybridized carbons (Fsp3) is 0.571. The summed E-state index contributed by atoms with van der Waals surface area (Å²) >= 11 is 11.5. The molecule has 1 rings (SSSR count). The molecule has 0 amide bonds. The lowest BCUT2D eigenvalue weighted by Crippen LogP contribution is -2.34. The van der Waals surface area contributed by atoms with Crippen molar-refractivity contribution in [2.24, 2.45) is 5.92 Å². The largest absolute Gasteiger partial charge is 0.243 e. The predicted molar refractivity (Wildman–Crippen MR) is 84.9 cm³/mol. The van der Waals surface area contributed by atoms with Crippen LogP contribution in [-0.2, 0) is 15.9 Å². The van der Waals surface area contributed by atoms with Gasteiger partial charge in [0.2, 0.25) is 10.0 Å². The van der Waals surface area contributed by atoms with Crippen LogP contribution in [-0.4, -0.2) is 25.8 Å². The van der Waals surface area contributed by atoms with Crippen molar-refractivity contribution in [2.75, 3.05) is 13.1 Å². The van der Waals surface area contributed by atoms with Gasteiger partial charge in [-0.1, -0.05) is 38.8 Å². The van der Waals surface area contributed by atoms with E-state index in [2.05, 4.69) is 0 Å². The zero-order valence-corrected chi connectivity index (χ0v) is 14.7. The van der Waals surface area contributed by atoms with E-state index in [-0.39, 0.29) is 27.3 Å². The zero-order chi connectivity index (χ0) is 16.2. The van der Waals surface area contributed by atoms with Crippen LogP contribution in [0.2, 0.25) is 5.02 Å². The molecule has 0 saturated heterocycles. The van der Waals surface area contributed by atoms with Gasteiger partial charge in [-0.25, -0.2) is 12.8 Å². The third kappa shape index (κ3) is 4.31. The number of alkyl halides is 1. The Morgan fingerprint density at radius 1 is 1.33 bits per heavy atom. The fourth-order valence-electron chi connectivity index (χ4n) is 1.89. The molecule has 0 bridgehead atoms. The second-order valence-electron chi connectivity index (χ2n) is 4.98. The van der Waals surface area contributed by atoms with Crippen LogP contribution >= 0.6 is 23.2 Å². The number of hydrogen-bond donors (Lipinski definition) is 0. The molecular formula is C14H20Cl2FNO2S. The summed E-state index contributed by atoms with van der Waals surface area (Å²) in [6.07, 6.45) is 0.869. The maximum absolute atomic E-state index is 13.8. The van der Waals surface area contributed by atoms with Crippen LogP contribution in [0.15, 0.2) is 17.0 Å². The van der Waals surface area contributed by atoms with Crippen molar-refractivity contribution in [1.82, 2.24) is 4.31 Å². The Balaban J connectivity index is 3.26. The molecule has 0 aromatic heterocycles. The van der Waals surface area contributed by atoms with Crippen LogP contribution in [0.1, 0.15) is 32.8 Å². The standard InChI is InChI=1S/C14H20Cl2FNO2S/c1-4-10(3)9-18(5-2)21(19,20)12-6-11(8-15)14(16)13(17)7-12/h6-7,10H,4-5,8-9H2,1-3H3. The van der Waals surface area contributed by atoms with Crippen molar-refractivity contribution in [2.45, 2.75) is 38.0 Å². The molecule has 120 valence electrons. The molecule has 0 saturated carbocycles. The van der Waals surface area contributed by atoms with Crippen LogP contribution < -0.4 is 0 Å². The lowest BCUT2D eigenvalue weighted by atomic mass is 10.1. The number of sulfonamides is 1. The molecule has 0 radical (unpaired) electrons. The molecule has 1 aromatic rings. The maximum Gasteiger partial charge on any atom is 0.243 e. The summed E-state index contributed by atoms with van der Waals surface area (Å²) in [6, 6.07) is 2.29. The van der Waals surface area contributed by atoms with Crippen LogP contribution in [0.3, 0.4) is 0 Å². The first-order valence-corrected chi connectivity index (χ1v) is 9.17. The number of rotatable bonds is 7. The minimum absolute atomic E-state index is 0.0450. The van der Waals surface area contributed by atoms with E-state index >= 15 is 0 Å². The molecule has 7 heteroatoms. The zero-order valence-electron chi connectivity index (χ0n) is 12.4. The highest BCUT2D eigenvalue weighted by Crippen LogP contribution is 2.27. The fourth-order valence-corrected chi connectivity index (χ4v) is 3.98. The van der Waals surface area contributed by atoms with Gasteiger partial charge in [0.15, 0.2) is 0 Å². The highest BCUT2D eigenvalue weighted by Gasteiger charge is 2.26. The summed E-state index contributed by atoms with van der Waals surface area (Å²) in [5.41, 5.74) is 0.275. The van der Waals surface area contributed by atoms with Crippen LogP contribution in [0, 0.1) is 11.7 Å². The van der Waals surface area contributed by atoms with Crippen molar-refractivity contribution in [3.8, 4) is 0 Å². The van der Waals surface area contributed by atoms with Crippen LogP contribution in [0.5, 0.6) is 0 Å². The SMILES string of the molecule is CCC(C)CN(CC)S(=O)(=O)c1cc(F)c(Cl)c(CCl)c1. The molecule has 0 aliphatic heterocycles. The van der Waals surface area contributed by atoms with Crippen molar-refractivity contribution in [1.29, 1.82) is 0 Å². The van der Waals surface area contributed by atoms with Gasteiger partial charge in [-0.15, -0.1) is 11.6 Å². The molecule has 0 aliphatic rings. The van der Waals surface area contributed by atoms with Gasteiger partial charge in [-0.2, -0.15) is 4.31 Å². The minimum atomic E-state index is -3.75. The van der Waals surface area contributed by atoms with Crippen molar-refractivity contribution in [3.05, 3.63) is 28.5 Å². The van der Waals surface area contributed by atoms with E-state index < -0.39 is 15.8 Å². The molecule has 1 atom stereocenters. The monoisotopic (exact) mass is 355 g/mol. The highest BCUT2D eigenvalue weighted by molar-refractivity contribution is 7.89. The molecule has 1 aromatic carbocycles. The van der Waals surface area contributed by atoms with Gasteiger partial charge in [-0.3, -0.25) is 0 Å².